The normalized spacial score (nSPS) is 24.2. The lowest BCUT2D eigenvalue weighted by molar-refractivity contribution is -0.202. The fourth-order valence-electron chi connectivity index (χ4n) is 2.41. The van der Waals surface area contributed by atoms with E-state index in [1.54, 1.807) is 0 Å². The van der Waals surface area contributed by atoms with Crippen LogP contribution in [0.4, 0.5) is 0 Å². The third-order valence-electron chi connectivity index (χ3n) is 3.52. The van der Waals surface area contributed by atoms with E-state index in [9.17, 15) is 13.2 Å². The van der Waals surface area contributed by atoms with Gasteiger partial charge in [0, 0.05) is 25.6 Å². The van der Waals surface area contributed by atoms with Crippen molar-refractivity contribution >= 4 is 15.9 Å². The molecule has 104 valence electrons. The molecule has 2 heterocycles. The average molecular weight is 276 g/mol. The van der Waals surface area contributed by atoms with Crippen molar-refractivity contribution in [3.63, 3.8) is 0 Å². The summed E-state index contributed by atoms with van der Waals surface area (Å²) in [5, 5.41) is 1.46. The molecule has 2 saturated heterocycles. The lowest BCUT2D eigenvalue weighted by atomic mass is 9.97. The van der Waals surface area contributed by atoms with Crippen LogP contribution in [0.3, 0.4) is 0 Å². The Kier molecular flexibility index (Phi) is 4.24. The Balaban J connectivity index is 1.87. The summed E-state index contributed by atoms with van der Waals surface area (Å²) < 4.78 is 24.2. The van der Waals surface area contributed by atoms with Gasteiger partial charge < -0.3 is 0 Å². The molecule has 0 N–H and O–H groups in total. The first kappa shape index (κ1) is 13.8. The van der Waals surface area contributed by atoms with Gasteiger partial charge in [0.1, 0.15) is 0 Å². The lowest BCUT2D eigenvalue weighted by Crippen LogP contribution is -2.45. The third kappa shape index (κ3) is 3.21. The maximum absolute atomic E-state index is 12.1. The van der Waals surface area contributed by atoms with Crippen LogP contribution in [0.25, 0.3) is 0 Å². The van der Waals surface area contributed by atoms with Gasteiger partial charge >= 0.3 is 0 Å². The van der Waals surface area contributed by atoms with E-state index < -0.39 is 10.0 Å². The molecule has 0 aromatic carbocycles. The van der Waals surface area contributed by atoms with Gasteiger partial charge in [-0.25, -0.2) is 17.8 Å². The number of rotatable bonds is 2. The molecule has 0 atom stereocenters. The van der Waals surface area contributed by atoms with Crippen molar-refractivity contribution < 1.29 is 18.0 Å². The molecule has 2 aliphatic heterocycles. The van der Waals surface area contributed by atoms with Gasteiger partial charge in [-0.05, 0) is 25.7 Å². The Labute approximate surface area is 108 Å². The number of hydrogen-bond donors (Lipinski definition) is 0. The molecule has 2 rings (SSSR count). The van der Waals surface area contributed by atoms with Crippen LogP contribution >= 0.6 is 0 Å². The molecule has 1 amide bonds. The van der Waals surface area contributed by atoms with Crippen molar-refractivity contribution in [1.82, 2.24) is 9.37 Å². The molecule has 0 spiro atoms. The Morgan fingerprint density at radius 2 is 1.83 bits per heavy atom. The second-order valence-electron chi connectivity index (χ2n) is 4.92. The topological polar surface area (TPSA) is 66.9 Å². The second-order valence-corrected chi connectivity index (χ2v) is 6.90. The highest BCUT2D eigenvalue weighted by Gasteiger charge is 2.32. The zero-order chi connectivity index (χ0) is 13.2. The highest BCUT2D eigenvalue weighted by Crippen LogP contribution is 2.22. The molecule has 0 aliphatic carbocycles. The van der Waals surface area contributed by atoms with E-state index >= 15 is 0 Å². The van der Waals surface area contributed by atoms with Crippen molar-refractivity contribution in [2.75, 3.05) is 32.5 Å². The first-order valence-electron chi connectivity index (χ1n) is 6.38. The molecule has 0 bridgehead atoms. The second kappa shape index (κ2) is 5.54. The zero-order valence-corrected chi connectivity index (χ0v) is 11.5. The molecular formula is C11H20N2O4S. The summed E-state index contributed by atoms with van der Waals surface area (Å²) in [5.74, 6) is -0.0797. The average Bonchev–Trinajstić information content (AvgIpc) is 2.38. The molecule has 7 heteroatoms. The molecule has 2 fully saturated rings. The van der Waals surface area contributed by atoms with Crippen LogP contribution in [-0.2, 0) is 19.7 Å². The van der Waals surface area contributed by atoms with Crippen molar-refractivity contribution in [2.45, 2.75) is 25.7 Å². The van der Waals surface area contributed by atoms with Gasteiger partial charge in [-0.1, -0.05) is 0 Å². The lowest BCUT2D eigenvalue weighted by Gasteiger charge is -2.33. The SMILES string of the molecule is CS(=O)(=O)N1CCC(C(=O)N2CCCCO2)CC1. The van der Waals surface area contributed by atoms with Crippen LogP contribution < -0.4 is 0 Å². The predicted molar refractivity (Wildman–Crippen MR) is 66.0 cm³/mol. The van der Waals surface area contributed by atoms with Gasteiger partial charge in [-0.3, -0.25) is 9.63 Å². The van der Waals surface area contributed by atoms with Gasteiger partial charge in [0.15, 0.2) is 0 Å². The number of carbonyl (C=O) groups is 1. The van der Waals surface area contributed by atoms with Gasteiger partial charge in [-0.2, -0.15) is 0 Å². The zero-order valence-electron chi connectivity index (χ0n) is 10.7. The Morgan fingerprint density at radius 3 is 2.33 bits per heavy atom. The molecule has 2 aliphatic rings. The first-order valence-corrected chi connectivity index (χ1v) is 8.23. The first-order chi connectivity index (χ1) is 8.48. The minimum absolute atomic E-state index is 0.0165. The van der Waals surface area contributed by atoms with Crippen LogP contribution in [0.5, 0.6) is 0 Å². The van der Waals surface area contributed by atoms with Gasteiger partial charge in [0.25, 0.3) is 0 Å². The quantitative estimate of drug-likeness (QED) is 0.723. The number of hydroxylamine groups is 2. The monoisotopic (exact) mass is 276 g/mol. The fraction of sp³-hybridized carbons (Fsp3) is 0.909. The maximum Gasteiger partial charge on any atom is 0.249 e. The van der Waals surface area contributed by atoms with E-state index in [0.29, 0.717) is 39.1 Å². The van der Waals surface area contributed by atoms with Crippen LogP contribution in [0.15, 0.2) is 0 Å². The van der Waals surface area contributed by atoms with E-state index in [0.717, 1.165) is 12.8 Å². The molecule has 6 nitrogen and oxygen atoms in total. The summed E-state index contributed by atoms with van der Waals surface area (Å²) in [5.41, 5.74) is 0. The number of carbonyl (C=O) groups excluding carboxylic acids is 1. The predicted octanol–water partition coefficient (Wildman–Crippen LogP) is 0.212. The van der Waals surface area contributed by atoms with Gasteiger partial charge in [-0.15, -0.1) is 0 Å². The molecule has 0 saturated carbocycles. The maximum atomic E-state index is 12.1. The summed E-state index contributed by atoms with van der Waals surface area (Å²) in [6.45, 7) is 2.13. The van der Waals surface area contributed by atoms with Crippen LogP contribution in [-0.4, -0.2) is 56.2 Å². The number of piperidine rings is 1. The van der Waals surface area contributed by atoms with Crippen molar-refractivity contribution in [2.24, 2.45) is 5.92 Å². The summed E-state index contributed by atoms with van der Waals surface area (Å²) in [7, 11) is -3.12. The highest BCUT2D eigenvalue weighted by molar-refractivity contribution is 7.88. The largest absolute Gasteiger partial charge is 0.272 e. The standard InChI is InChI=1S/C11H20N2O4S/c1-18(15,16)12-7-4-10(5-8-12)11(14)13-6-2-3-9-17-13/h10H,2-9H2,1H3. The Bertz CT molecular complexity index is 395. The van der Waals surface area contributed by atoms with Gasteiger partial charge in [0.2, 0.25) is 15.9 Å². The number of nitrogens with zero attached hydrogens (tertiary/aromatic N) is 2. The summed E-state index contributed by atoms with van der Waals surface area (Å²) >= 11 is 0. The van der Waals surface area contributed by atoms with Crippen molar-refractivity contribution in [3.05, 3.63) is 0 Å². The Morgan fingerprint density at radius 1 is 1.17 bits per heavy atom. The summed E-state index contributed by atoms with van der Waals surface area (Å²) in [6, 6.07) is 0. The number of sulfonamides is 1. The molecule has 0 unspecified atom stereocenters. The minimum Gasteiger partial charge on any atom is -0.272 e. The van der Waals surface area contributed by atoms with Crippen LogP contribution in [0.1, 0.15) is 25.7 Å². The smallest absolute Gasteiger partial charge is 0.249 e. The number of amides is 1. The molecule has 0 aromatic heterocycles. The summed E-state index contributed by atoms with van der Waals surface area (Å²) in [4.78, 5) is 17.5. The molecule has 0 radical (unpaired) electrons. The summed E-state index contributed by atoms with van der Waals surface area (Å²) in [6.07, 6.45) is 4.37. The van der Waals surface area contributed by atoms with Crippen LogP contribution in [0.2, 0.25) is 0 Å². The minimum atomic E-state index is -3.12. The number of hydrogen-bond acceptors (Lipinski definition) is 4. The third-order valence-corrected chi connectivity index (χ3v) is 4.82. The van der Waals surface area contributed by atoms with E-state index in [1.807, 2.05) is 0 Å². The van der Waals surface area contributed by atoms with Crippen molar-refractivity contribution in [3.8, 4) is 0 Å². The van der Waals surface area contributed by atoms with E-state index in [-0.39, 0.29) is 11.8 Å². The van der Waals surface area contributed by atoms with Crippen molar-refractivity contribution in [1.29, 1.82) is 0 Å². The van der Waals surface area contributed by atoms with E-state index in [1.165, 1.54) is 15.6 Å². The molecule has 0 aromatic rings. The fourth-order valence-corrected chi connectivity index (χ4v) is 3.28. The molecule has 18 heavy (non-hydrogen) atoms. The highest BCUT2D eigenvalue weighted by atomic mass is 32.2. The van der Waals surface area contributed by atoms with Crippen LogP contribution in [0, 0.1) is 5.92 Å². The Hall–Kier alpha value is -0.660. The van der Waals surface area contributed by atoms with Gasteiger partial charge in [0.05, 0.1) is 12.9 Å². The molecular weight excluding hydrogens is 256 g/mol. The van der Waals surface area contributed by atoms with E-state index in [2.05, 4.69) is 0 Å². The van der Waals surface area contributed by atoms with E-state index in [4.69, 9.17) is 4.84 Å².